The Balaban J connectivity index is 1.72. The van der Waals surface area contributed by atoms with E-state index in [1.807, 2.05) is 31.2 Å². The third-order valence-electron chi connectivity index (χ3n) is 4.61. The number of methoxy groups -OCH3 is 1. The molecule has 1 atom stereocenters. The number of oxazole rings is 1. The van der Waals surface area contributed by atoms with E-state index < -0.39 is 17.8 Å². The standard InChI is InChI=1S/C21H21ClN2O5/c1-13-3-5-14(6-4-13)16(12-20(26)28-2)23-19(25)9-10-24-17-8-7-15(22)11-18(17)29-21(24)27/h3-8,11,16H,9-10,12H2,1-2H3,(H,23,25). The molecule has 1 aromatic heterocycles. The number of hydrogen-bond acceptors (Lipinski definition) is 5. The van der Waals surface area contributed by atoms with Gasteiger partial charge in [0.15, 0.2) is 5.58 Å². The molecule has 2 aromatic carbocycles. The summed E-state index contributed by atoms with van der Waals surface area (Å²) in [5.41, 5.74) is 2.81. The number of nitrogens with zero attached hydrogens (tertiary/aromatic N) is 1. The lowest BCUT2D eigenvalue weighted by atomic mass is 10.0. The van der Waals surface area contributed by atoms with Crippen molar-refractivity contribution < 1.29 is 18.7 Å². The minimum atomic E-state index is -0.556. The number of nitrogens with one attached hydrogen (secondary N) is 1. The summed E-state index contributed by atoms with van der Waals surface area (Å²) in [7, 11) is 1.30. The minimum absolute atomic E-state index is 0.0123. The molecule has 0 saturated carbocycles. The van der Waals surface area contributed by atoms with Gasteiger partial charge in [0, 0.05) is 24.1 Å². The third kappa shape index (κ3) is 5.06. The van der Waals surface area contributed by atoms with Gasteiger partial charge in [-0.05, 0) is 24.6 Å². The summed E-state index contributed by atoms with van der Waals surface area (Å²) in [5.74, 6) is -1.28. The van der Waals surface area contributed by atoms with E-state index in [-0.39, 0.29) is 25.3 Å². The molecule has 1 N–H and O–H groups in total. The molecule has 152 valence electrons. The van der Waals surface area contributed by atoms with Gasteiger partial charge in [0.1, 0.15) is 0 Å². The predicted octanol–water partition coefficient (Wildman–Crippen LogP) is 3.37. The first-order chi connectivity index (χ1) is 13.9. The molecule has 29 heavy (non-hydrogen) atoms. The molecule has 0 bridgehead atoms. The number of amides is 1. The smallest absolute Gasteiger partial charge is 0.419 e. The topological polar surface area (TPSA) is 90.5 Å². The number of halogens is 1. The van der Waals surface area contributed by atoms with E-state index in [9.17, 15) is 14.4 Å². The lowest BCUT2D eigenvalue weighted by Gasteiger charge is -2.18. The predicted molar refractivity (Wildman–Crippen MR) is 109 cm³/mol. The highest BCUT2D eigenvalue weighted by Gasteiger charge is 2.19. The molecule has 8 heteroatoms. The second kappa shape index (κ2) is 8.96. The Morgan fingerprint density at radius 2 is 1.93 bits per heavy atom. The van der Waals surface area contributed by atoms with Gasteiger partial charge in [0.25, 0.3) is 0 Å². The summed E-state index contributed by atoms with van der Waals surface area (Å²) in [6.07, 6.45) is 0.0547. The molecule has 0 aliphatic rings. The molecule has 1 heterocycles. The van der Waals surface area contributed by atoms with Crippen LogP contribution in [0, 0.1) is 6.92 Å². The SMILES string of the molecule is COC(=O)CC(NC(=O)CCn1c(=O)oc2cc(Cl)ccc21)c1ccc(C)cc1. The van der Waals surface area contributed by atoms with Crippen LogP contribution in [-0.2, 0) is 20.9 Å². The highest BCUT2D eigenvalue weighted by Crippen LogP contribution is 2.20. The molecule has 0 aliphatic carbocycles. The maximum atomic E-state index is 12.5. The van der Waals surface area contributed by atoms with E-state index in [2.05, 4.69) is 5.32 Å². The molecule has 1 unspecified atom stereocenters. The molecule has 0 aliphatic heterocycles. The molecule has 3 aromatic rings. The first kappa shape index (κ1) is 20.7. The Morgan fingerprint density at radius 3 is 2.62 bits per heavy atom. The van der Waals surface area contributed by atoms with Crippen LogP contribution in [0.5, 0.6) is 0 Å². The second-order valence-electron chi connectivity index (χ2n) is 6.69. The number of benzene rings is 2. The van der Waals surface area contributed by atoms with Gasteiger partial charge in [-0.15, -0.1) is 0 Å². The van der Waals surface area contributed by atoms with E-state index in [4.69, 9.17) is 20.8 Å². The Hall–Kier alpha value is -3.06. The fourth-order valence-corrected chi connectivity index (χ4v) is 3.19. The van der Waals surface area contributed by atoms with Crippen LogP contribution >= 0.6 is 11.6 Å². The minimum Gasteiger partial charge on any atom is -0.469 e. The lowest BCUT2D eigenvalue weighted by molar-refractivity contribution is -0.141. The van der Waals surface area contributed by atoms with Crippen molar-refractivity contribution in [2.45, 2.75) is 32.4 Å². The summed E-state index contributed by atoms with van der Waals surface area (Å²) in [6, 6.07) is 11.9. The van der Waals surface area contributed by atoms with Gasteiger partial charge in [-0.3, -0.25) is 14.2 Å². The van der Waals surface area contributed by atoms with Gasteiger partial charge in [-0.25, -0.2) is 4.79 Å². The number of aryl methyl sites for hydroxylation is 2. The first-order valence-corrected chi connectivity index (χ1v) is 9.47. The van der Waals surface area contributed by atoms with Crippen LogP contribution in [0.25, 0.3) is 11.1 Å². The summed E-state index contributed by atoms with van der Waals surface area (Å²) >= 11 is 5.91. The fourth-order valence-electron chi connectivity index (χ4n) is 3.03. The summed E-state index contributed by atoms with van der Waals surface area (Å²) in [6.45, 7) is 2.09. The number of fused-ring (bicyclic) bond motifs is 1. The maximum Gasteiger partial charge on any atom is 0.419 e. The lowest BCUT2D eigenvalue weighted by Crippen LogP contribution is -2.31. The quantitative estimate of drug-likeness (QED) is 0.596. The normalized spacial score (nSPS) is 12.0. The van der Waals surface area contributed by atoms with Gasteiger partial charge in [0.05, 0.1) is 25.1 Å². The van der Waals surface area contributed by atoms with Gasteiger partial charge in [-0.1, -0.05) is 41.4 Å². The largest absolute Gasteiger partial charge is 0.469 e. The monoisotopic (exact) mass is 416 g/mol. The Bertz CT molecular complexity index is 1080. The number of esters is 1. The maximum absolute atomic E-state index is 12.5. The molecular formula is C21H21ClN2O5. The van der Waals surface area contributed by atoms with E-state index in [1.54, 1.807) is 18.2 Å². The van der Waals surface area contributed by atoms with E-state index in [0.29, 0.717) is 16.1 Å². The van der Waals surface area contributed by atoms with Crippen LogP contribution < -0.4 is 11.1 Å². The van der Waals surface area contributed by atoms with E-state index in [0.717, 1.165) is 11.1 Å². The molecule has 0 saturated heterocycles. The van der Waals surface area contributed by atoms with Crippen molar-refractivity contribution in [1.29, 1.82) is 0 Å². The van der Waals surface area contributed by atoms with Crippen LogP contribution in [0.15, 0.2) is 51.7 Å². The van der Waals surface area contributed by atoms with Crippen LogP contribution in [-0.4, -0.2) is 23.6 Å². The highest BCUT2D eigenvalue weighted by atomic mass is 35.5. The first-order valence-electron chi connectivity index (χ1n) is 9.09. The Morgan fingerprint density at radius 1 is 1.21 bits per heavy atom. The molecule has 7 nitrogen and oxygen atoms in total. The molecule has 0 radical (unpaired) electrons. The van der Waals surface area contributed by atoms with Crippen LogP contribution in [0.3, 0.4) is 0 Å². The summed E-state index contributed by atoms with van der Waals surface area (Å²) in [5, 5.41) is 3.31. The van der Waals surface area contributed by atoms with Gasteiger partial charge < -0.3 is 14.5 Å². The molecule has 0 fully saturated rings. The van der Waals surface area contributed by atoms with E-state index >= 15 is 0 Å². The van der Waals surface area contributed by atoms with E-state index in [1.165, 1.54) is 11.7 Å². The average Bonchev–Trinajstić information content (AvgIpc) is 3.00. The number of ether oxygens (including phenoxy) is 1. The fraction of sp³-hybridized carbons (Fsp3) is 0.286. The van der Waals surface area contributed by atoms with Crippen molar-refractivity contribution in [1.82, 2.24) is 9.88 Å². The van der Waals surface area contributed by atoms with Crippen LogP contribution in [0.2, 0.25) is 5.02 Å². The van der Waals surface area contributed by atoms with Crippen molar-refractivity contribution in [3.05, 3.63) is 69.2 Å². The Labute approximate surface area is 172 Å². The van der Waals surface area contributed by atoms with Gasteiger partial charge in [-0.2, -0.15) is 0 Å². The van der Waals surface area contributed by atoms with Crippen LogP contribution in [0.4, 0.5) is 0 Å². The van der Waals surface area contributed by atoms with Gasteiger partial charge in [0.2, 0.25) is 5.91 Å². The Kier molecular flexibility index (Phi) is 6.39. The molecule has 0 spiro atoms. The molecule has 3 rings (SSSR count). The third-order valence-corrected chi connectivity index (χ3v) is 4.84. The zero-order valence-corrected chi connectivity index (χ0v) is 16.9. The number of hydrogen-bond donors (Lipinski definition) is 1. The van der Waals surface area contributed by atoms with Crippen molar-refractivity contribution >= 4 is 34.6 Å². The number of carbonyl (C=O) groups is 2. The highest BCUT2D eigenvalue weighted by molar-refractivity contribution is 6.31. The average molecular weight is 417 g/mol. The second-order valence-corrected chi connectivity index (χ2v) is 7.13. The van der Waals surface area contributed by atoms with Crippen molar-refractivity contribution in [3.8, 4) is 0 Å². The number of carbonyl (C=O) groups excluding carboxylic acids is 2. The van der Waals surface area contributed by atoms with Gasteiger partial charge >= 0.3 is 11.7 Å². The van der Waals surface area contributed by atoms with Crippen molar-refractivity contribution in [2.24, 2.45) is 0 Å². The number of aromatic nitrogens is 1. The summed E-state index contributed by atoms with van der Waals surface area (Å²) in [4.78, 5) is 36.4. The zero-order valence-electron chi connectivity index (χ0n) is 16.1. The van der Waals surface area contributed by atoms with Crippen molar-refractivity contribution in [3.63, 3.8) is 0 Å². The van der Waals surface area contributed by atoms with Crippen LogP contribution in [0.1, 0.15) is 30.0 Å². The zero-order chi connectivity index (χ0) is 21.0. The molecular weight excluding hydrogens is 396 g/mol. The molecule has 1 amide bonds. The summed E-state index contributed by atoms with van der Waals surface area (Å²) < 4.78 is 11.3. The number of rotatable bonds is 7. The van der Waals surface area contributed by atoms with Crippen molar-refractivity contribution in [2.75, 3.05) is 7.11 Å².